The van der Waals surface area contributed by atoms with Crippen LogP contribution in [0, 0.1) is 20.8 Å². The van der Waals surface area contributed by atoms with Gasteiger partial charge in [-0.25, -0.2) is 24.9 Å². The number of rotatable bonds is 5. The Bertz CT molecular complexity index is 1070. The molecule has 1 amide bonds. The number of aryl methyl sites for hydroxylation is 3. The molecule has 9 heteroatoms. The molecule has 2 N–H and O–H groups in total. The summed E-state index contributed by atoms with van der Waals surface area (Å²) >= 11 is 0. The van der Waals surface area contributed by atoms with Crippen LogP contribution in [0.2, 0.25) is 0 Å². The number of nitrogens with one attached hydrogen (secondary N) is 2. The predicted molar refractivity (Wildman–Crippen MR) is 117 cm³/mol. The van der Waals surface area contributed by atoms with E-state index in [4.69, 9.17) is 0 Å². The van der Waals surface area contributed by atoms with Crippen LogP contribution in [0.4, 0.5) is 11.8 Å². The smallest absolute Gasteiger partial charge is 0.247 e. The normalized spacial score (nSPS) is 16.6. The molecule has 1 atom stereocenters. The van der Waals surface area contributed by atoms with Gasteiger partial charge in [-0.15, -0.1) is 0 Å². The Balaban J connectivity index is 1.58. The van der Waals surface area contributed by atoms with E-state index in [0.717, 1.165) is 42.0 Å². The highest BCUT2D eigenvalue weighted by Crippen LogP contribution is 2.31. The molecular formula is C22H26N8O. The average molecular weight is 419 g/mol. The van der Waals surface area contributed by atoms with Crippen LogP contribution in [0.15, 0.2) is 30.7 Å². The van der Waals surface area contributed by atoms with E-state index in [2.05, 4.69) is 35.2 Å². The lowest BCUT2D eigenvalue weighted by Crippen LogP contribution is -2.38. The second kappa shape index (κ2) is 9.03. The number of carbonyl (C=O) groups is 1. The van der Waals surface area contributed by atoms with Crippen molar-refractivity contribution in [2.75, 3.05) is 11.9 Å². The summed E-state index contributed by atoms with van der Waals surface area (Å²) in [5.74, 6) is 1.72. The van der Waals surface area contributed by atoms with E-state index in [0.29, 0.717) is 24.1 Å². The lowest BCUT2D eigenvalue weighted by molar-refractivity contribution is -0.129. The monoisotopic (exact) mass is 418 g/mol. The van der Waals surface area contributed by atoms with Gasteiger partial charge >= 0.3 is 0 Å². The summed E-state index contributed by atoms with van der Waals surface area (Å²) in [7, 11) is 0. The molecule has 0 aliphatic carbocycles. The maximum atomic E-state index is 12.9. The number of H-pyrrole nitrogens is 1. The fourth-order valence-electron chi connectivity index (χ4n) is 3.84. The summed E-state index contributed by atoms with van der Waals surface area (Å²) in [4.78, 5) is 39.8. The van der Waals surface area contributed by atoms with Gasteiger partial charge in [0.05, 0.1) is 30.0 Å². The highest BCUT2D eigenvalue weighted by atomic mass is 16.2. The molecule has 1 aliphatic rings. The summed E-state index contributed by atoms with van der Waals surface area (Å²) in [6.45, 7) is 6.41. The Morgan fingerprint density at radius 1 is 1.13 bits per heavy atom. The van der Waals surface area contributed by atoms with Gasteiger partial charge in [0, 0.05) is 30.1 Å². The molecule has 1 aliphatic heterocycles. The number of aromatic amines is 1. The van der Waals surface area contributed by atoms with E-state index in [-0.39, 0.29) is 11.9 Å². The molecule has 3 aromatic rings. The fourth-order valence-corrected chi connectivity index (χ4v) is 3.84. The van der Waals surface area contributed by atoms with Crippen molar-refractivity contribution in [1.29, 1.82) is 0 Å². The number of carbonyl (C=O) groups excluding carboxylic acids is 1. The zero-order valence-corrected chi connectivity index (χ0v) is 18.0. The second-order valence-corrected chi connectivity index (χ2v) is 7.71. The number of likely N-dealkylation sites (tertiary alicyclic amines) is 1. The molecule has 4 heterocycles. The molecule has 0 bridgehead atoms. The van der Waals surface area contributed by atoms with E-state index in [9.17, 15) is 4.79 Å². The first-order chi connectivity index (χ1) is 15.0. The number of hydrogen-bond acceptors (Lipinski definition) is 7. The number of amides is 1. The first kappa shape index (κ1) is 20.6. The van der Waals surface area contributed by atoms with E-state index in [1.54, 1.807) is 24.7 Å². The topological polar surface area (TPSA) is 113 Å². The number of piperidine rings is 1. The quantitative estimate of drug-likeness (QED) is 0.610. The highest BCUT2D eigenvalue weighted by Gasteiger charge is 2.28. The largest absolute Gasteiger partial charge is 0.345 e. The van der Waals surface area contributed by atoms with Crippen molar-refractivity contribution >= 4 is 23.7 Å². The number of hydrogen-bond donors (Lipinski definition) is 2. The Labute approximate surface area is 181 Å². The molecule has 1 fully saturated rings. The third kappa shape index (κ3) is 5.11. The Morgan fingerprint density at radius 2 is 1.94 bits per heavy atom. The van der Waals surface area contributed by atoms with Gasteiger partial charge in [-0.2, -0.15) is 0 Å². The predicted octanol–water partition coefficient (Wildman–Crippen LogP) is 3.43. The highest BCUT2D eigenvalue weighted by molar-refractivity contribution is 5.91. The minimum atomic E-state index is -0.102. The van der Waals surface area contributed by atoms with Gasteiger partial charge in [-0.1, -0.05) is 0 Å². The van der Waals surface area contributed by atoms with Gasteiger partial charge < -0.3 is 15.2 Å². The molecular weight excluding hydrogens is 392 g/mol. The Kier molecular flexibility index (Phi) is 6.01. The zero-order chi connectivity index (χ0) is 21.8. The van der Waals surface area contributed by atoms with E-state index in [1.807, 2.05) is 37.8 Å². The third-order valence-electron chi connectivity index (χ3n) is 5.13. The minimum absolute atomic E-state index is 0.0392. The van der Waals surface area contributed by atoms with Gasteiger partial charge in [0.2, 0.25) is 11.9 Å². The van der Waals surface area contributed by atoms with Crippen LogP contribution in [0.3, 0.4) is 0 Å². The van der Waals surface area contributed by atoms with Crippen LogP contribution < -0.4 is 5.32 Å². The van der Waals surface area contributed by atoms with Crippen molar-refractivity contribution in [3.8, 4) is 0 Å². The molecule has 3 aromatic heterocycles. The van der Waals surface area contributed by atoms with Crippen LogP contribution in [0.25, 0.3) is 6.08 Å². The SMILES string of the molecule is Cc1cc(C)nc(Nc2cc([C@H]3CCCCN3C(=O)/C=C/c3cnc[nH]3)nc(C)n2)n1. The summed E-state index contributed by atoms with van der Waals surface area (Å²) in [6.07, 6.45) is 9.48. The zero-order valence-electron chi connectivity index (χ0n) is 18.0. The second-order valence-electron chi connectivity index (χ2n) is 7.71. The first-order valence-corrected chi connectivity index (χ1v) is 10.4. The molecule has 4 rings (SSSR count). The van der Waals surface area contributed by atoms with Crippen molar-refractivity contribution < 1.29 is 4.79 Å². The molecule has 1 saturated heterocycles. The molecule has 31 heavy (non-hydrogen) atoms. The van der Waals surface area contributed by atoms with Crippen molar-refractivity contribution in [3.05, 3.63) is 59.3 Å². The number of imidazole rings is 1. The molecule has 0 spiro atoms. The van der Waals surface area contributed by atoms with E-state index >= 15 is 0 Å². The van der Waals surface area contributed by atoms with Gasteiger partial charge in [0.15, 0.2) is 0 Å². The van der Waals surface area contributed by atoms with E-state index in [1.165, 1.54) is 0 Å². The summed E-state index contributed by atoms with van der Waals surface area (Å²) in [5, 5.41) is 3.19. The molecule has 0 aromatic carbocycles. The fraction of sp³-hybridized carbons (Fsp3) is 0.364. The van der Waals surface area contributed by atoms with Crippen molar-refractivity contribution in [3.63, 3.8) is 0 Å². The lowest BCUT2D eigenvalue weighted by atomic mass is 9.98. The first-order valence-electron chi connectivity index (χ1n) is 10.4. The van der Waals surface area contributed by atoms with Gasteiger partial charge in [-0.05, 0) is 52.2 Å². The lowest BCUT2D eigenvalue weighted by Gasteiger charge is -2.35. The summed E-state index contributed by atoms with van der Waals surface area (Å²) < 4.78 is 0. The third-order valence-corrected chi connectivity index (χ3v) is 5.13. The van der Waals surface area contributed by atoms with Gasteiger partial charge in [0.1, 0.15) is 11.6 Å². The molecule has 0 unspecified atom stereocenters. The van der Waals surface area contributed by atoms with Crippen molar-refractivity contribution in [2.45, 2.75) is 46.1 Å². The molecule has 0 radical (unpaired) electrons. The van der Waals surface area contributed by atoms with Crippen LogP contribution in [0.5, 0.6) is 0 Å². The summed E-state index contributed by atoms with van der Waals surface area (Å²) in [5.41, 5.74) is 3.38. The van der Waals surface area contributed by atoms with Crippen molar-refractivity contribution in [1.82, 2.24) is 34.8 Å². The van der Waals surface area contributed by atoms with Gasteiger partial charge in [0.25, 0.3) is 0 Å². The molecule has 0 saturated carbocycles. The Morgan fingerprint density at radius 3 is 2.68 bits per heavy atom. The van der Waals surface area contributed by atoms with Crippen LogP contribution in [-0.4, -0.2) is 47.3 Å². The van der Waals surface area contributed by atoms with E-state index < -0.39 is 0 Å². The maximum absolute atomic E-state index is 12.9. The minimum Gasteiger partial charge on any atom is -0.345 e. The maximum Gasteiger partial charge on any atom is 0.247 e. The average Bonchev–Trinajstić information content (AvgIpc) is 3.24. The Hall–Kier alpha value is -3.62. The summed E-state index contributed by atoms with van der Waals surface area (Å²) in [6, 6.07) is 3.71. The van der Waals surface area contributed by atoms with Crippen LogP contribution >= 0.6 is 0 Å². The van der Waals surface area contributed by atoms with Crippen molar-refractivity contribution in [2.24, 2.45) is 0 Å². The molecule has 9 nitrogen and oxygen atoms in total. The number of aromatic nitrogens is 6. The molecule has 160 valence electrons. The number of anilines is 2. The van der Waals surface area contributed by atoms with Crippen LogP contribution in [0.1, 0.15) is 53.9 Å². The van der Waals surface area contributed by atoms with Crippen LogP contribution in [-0.2, 0) is 4.79 Å². The standard InChI is InChI=1S/C22H26N8O/c1-14-10-15(2)26-22(25-14)29-20-11-18(27-16(3)28-20)19-6-4-5-9-30(19)21(31)8-7-17-12-23-13-24-17/h7-8,10-13,19H,4-6,9H2,1-3H3,(H,23,24)(H,25,26,27,28,29)/b8-7+/t19-/m1/s1. The van der Waals surface area contributed by atoms with Gasteiger partial charge in [-0.3, -0.25) is 4.79 Å². The number of nitrogens with zero attached hydrogens (tertiary/aromatic N) is 6.